The molecule has 0 amide bonds. The van der Waals surface area contributed by atoms with E-state index in [1.54, 1.807) is 69.4 Å². The largest absolute Gasteiger partial charge is 0.268 e. The van der Waals surface area contributed by atoms with Gasteiger partial charge in [0.1, 0.15) is 0 Å². The summed E-state index contributed by atoms with van der Waals surface area (Å²) >= 11 is 0. The van der Waals surface area contributed by atoms with Crippen molar-refractivity contribution in [3.8, 4) is 6.07 Å². The molecule has 2 aromatic heterocycles. The zero-order chi connectivity index (χ0) is 17.5. The third kappa shape index (κ3) is 2.29. The van der Waals surface area contributed by atoms with Gasteiger partial charge in [-0.05, 0) is 45.0 Å². The molecule has 0 radical (unpaired) electrons. The van der Waals surface area contributed by atoms with Crippen LogP contribution in [0.15, 0.2) is 53.6 Å². The van der Waals surface area contributed by atoms with Crippen LogP contribution in [-0.4, -0.2) is 17.4 Å². The van der Waals surface area contributed by atoms with Gasteiger partial charge < -0.3 is 0 Å². The maximum Gasteiger partial charge on any atom is 0.268 e. The number of rotatable bonds is 3. The highest BCUT2D eigenvalue weighted by Crippen LogP contribution is 2.36. The molecule has 6 heteroatoms. The monoisotopic (exact) mass is 339 g/mol. The summed E-state index contributed by atoms with van der Waals surface area (Å²) in [6.07, 6.45) is 1.61. The Morgan fingerprint density at radius 2 is 1.79 bits per heavy atom. The molecular weight excluding hydrogens is 322 g/mol. The lowest BCUT2D eigenvalue weighted by Crippen LogP contribution is -2.18. The summed E-state index contributed by atoms with van der Waals surface area (Å²) in [7, 11) is -3.78. The molecule has 0 unspecified atom stereocenters. The fraction of sp³-hybridized carbons (Fsp3) is 0.222. The maximum absolute atomic E-state index is 13.1. The van der Waals surface area contributed by atoms with Crippen molar-refractivity contribution in [1.29, 1.82) is 5.26 Å². The zero-order valence-corrected chi connectivity index (χ0v) is 14.5. The number of fused-ring (bicyclic) bond motifs is 1. The number of nitrogens with zero attached hydrogens (tertiary/aromatic N) is 3. The third-order valence-electron chi connectivity index (χ3n) is 4.09. The minimum atomic E-state index is -3.78. The summed E-state index contributed by atoms with van der Waals surface area (Å²) in [6.45, 7) is 5.25. The predicted octanol–water partition coefficient (Wildman–Crippen LogP) is 3.38. The second-order valence-corrected chi connectivity index (χ2v) is 7.94. The fourth-order valence-electron chi connectivity index (χ4n) is 3.02. The molecule has 0 aliphatic carbocycles. The number of hydrogen-bond acceptors (Lipinski definition) is 4. The van der Waals surface area contributed by atoms with Crippen LogP contribution in [0.4, 0.5) is 0 Å². The van der Waals surface area contributed by atoms with Gasteiger partial charge in [0.15, 0.2) is 0 Å². The van der Waals surface area contributed by atoms with Crippen molar-refractivity contribution in [2.75, 3.05) is 0 Å². The first-order valence-corrected chi connectivity index (χ1v) is 8.93. The Balaban J connectivity index is 2.44. The van der Waals surface area contributed by atoms with Crippen LogP contribution in [0.2, 0.25) is 0 Å². The average Bonchev–Trinajstić information content (AvgIpc) is 2.88. The van der Waals surface area contributed by atoms with Crippen LogP contribution >= 0.6 is 0 Å². The van der Waals surface area contributed by atoms with E-state index < -0.39 is 15.4 Å². The number of benzene rings is 1. The van der Waals surface area contributed by atoms with Crippen LogP contribution < -0.4 is 0 Å². The zero-order valence-electron chi connectivity index (χ0n) is 13.7. The van der Waals surface area contributed by atoms with Gasteiger partial charge in [0.05, 0.1) is 27.4 Å². The van der Waals surface area contributed by atoms with Gasteiger partial charge in [-0.25, -0.2) is 12.4 Å². The van der Waals surface area contributed by atoms with Crippen molar-refractivity contribution in [2.24, 2.45) is 0 Å². The highest BCUT2D eigenvalue weighted by atomic mass is 32.2. The van der Waals surface area contributed by atoms with E-state index in [4.69, 9.17) is 0 Å². The normalized spacial score (nSPS) is 12.2. The number of pyridine rings is 1. The molecule has 3 rings (SSSR count). The Kier molecular flexibility index (Phi) is 3.69. The Morgan fingerprint density at radius 3 is 2.42 bits per heavy atom. The molecular formula is C18H17N3O2S. The summed E-state index contributed by atoms with van der Waals surface area (Å²) in [6, 6.07) is 13.9. The predicted molar refractivity (Wildman–Crippen MR) is 92.1 cm³/mol. The Hall–Kier alpha value is -2.65. The van der Waals surface area contributed by atoms with E-state index in [0.717, 1.165) is 0 Å². The molecule has 0 aliphatic rings. The van der Waals surface area contributed by atoms with Gasteiger partial charge in [-0.1, -0.05) is 18.2 Å². The van der Waals surface area contributed by atoms with Crippen molar-refractivity contribution >= 4 is 21.1 Å². The summed E-state index contributed by atoms with van der Waals surface area (Å²) in [5.74, 6) is 0. The molecule has 0 bridgehead atoms. The van der Waals surface area contributed by atoms with E-state index in [1.165, 1.54) is 3.97 Å². The van der Waals surface area contributed by atoms with Crippen LogP contribution in [0.1, 0.15) is 25.1 Å². The quantitative estimate of drug-likeness (QED) is 0.733. The molecule has 3 aromatic rings. The minimum absolute atomic E-state index is 0.204. The first kappa shape index (κ1) is 16.2. The number of aromatic nitrogens is 2. The lowest BCUT2D eigenvalue weighted by Gasteiger charge is -2.16. The van der Waals surface area contributed by atoms with Crippen LogP contribution in [0, 0.1) is 18.3 Å². The highest BCUT2D eigenvalue weighted by Gasteiger charge is 2.32. The van der Waals surface area contributed by atoms with Gasteiger partial charge in [0.25, 0.3) is 10.0 Å². The molecule has 122 valence electrons. The summed E-state index contributed by atoms with van der Waals surface area (Å²) < 4.78 is 27.6. The van der Waals surface area contributed by atoms with E-state index in [0.29, 0.717) is 22.3 Å². The molecule has 0 aliphatic heterocycles. The van der Waals surface area contributed by atoms with E-state index in [2.05, 4.69) is 11.1 Å². The van der Waals surface area contributed by atoms with E-state index in [9.17, 15) is 13.7 Å². The molecule has 0 spiro atoms. The van der Waals surface area contributed by atoms with Crippen molar-refractivity contribution in [1.82, 2.24) is 8.96 Å². The van der Waals surface area contributed by atoms with Crippen molar-refractivity contribution in [3.05, 3.63) is 59.9 Å². The summed E-state index contributed by atoms with van der Waals surface area (Å²) in [5.41, 5.74) is 1.33. The molecule has 0 N–H and O–H groups in total. The molecule has 0 saturated heterocycles. The van der Waals surface area contributed by atoms with Gasteiger partial charge >= 0.3 is 0 Å². The van der Waals surface area contributed by atoms with Gasteiger partial charge in [0, 0.05) is 17.5 Å². The van der Waals surface area contributed by atoms with Gasteiger partial charge in [-0.15, -0.1) is 0 Å². The first-order chi connectivity index (χ1) is 11.3. The van der Waals surface area contributed by atoms with E-state index in [1.807, 2.05) is 0 Å². The second kappa shape index (κ2) is 5.46. The number of hydrogen-bond donors (Lipinski definition) is 0. The Labute approximate surface area is 141 Å². The van der Waals surface area contributed by atoms with Gasteiger partial charge in [-0.2, -0.15) is 5.26 Å². The fourth-order valence-corrected chi connectivity index (χ4v) is 4.59. The molecule has 0 fully saturated rings. The van der Waals surface area contributed by atoms with Crippen molar-refractivity contribution in [2.45, 2.75) is 31.1 Å². The highest BCUT2D eigenvalue weighted by molar-refractivity contribution is 7.90. The molecule has 2 heterocycles. The molecule has 1 aromatic carbocycles. The SMILES string of the molecule is Cc1c(C(C)(C)C#N)c2ncccc2n1S(=O)(=O)c1ccccc1. The standard InChI is InChI=1S/C18H17N3O2S/c1-13-16(18(2,3)12-19)17-15(10-7-11-20-17)21(13)24(22,23)14-8-5-4-6-9-14/h4-11H,1-3H3. The molecule has 5 nitrogen and oxygen atoms in total. The topological polar surface area (TPSA) is 75.8 Å². The van der Waals surface area contributed by atoms with Crippen LogP contribution in [0.25, 0.3) is 11.0 Å². The number of nitriles is 1. The smallest absolute Gasteiger partial charge is 0.254 e. The lowest BCUT2D eigenvalue weighted by molar-refractivity contribution is 0.587. The van der Waals surface area contributed by atoms with Crippen LogP contribution in [0.5, 0.6) is 0 Å². The third-order valence-corrected chi connectivity index (χ3v) is 5.91. The molecule has 0 atom stereocenters. The first-order valence-electron chi connectivity index (χ1n) is 7.49. The van der Waals surface area contributed by atoms with Gasteiger partial charge in [0.2, 0.25) is 0 Å². The maximum atomic E-state index is 13.1. The summed E-state index contributed by atoms with van der Waals surface area (Å²) in [5, 5.41) is 9.52. The van der Waals surface area contributed by atoms with Crippen molar-refractivity contribution in [3.63, 3.8) is 0 Å². The Morgan fingerprint density at radius 1 is 1.12 bits per heavy atom. The average molecular weight is 339 g/mol. The van der Waals surface area contributed by atoms with E-state index >= 15 is 0 Å². The molecule has 24 heavy (non-hydrogen) atoms. The van der Waals surface area contributed by atoms with Crippen LogP contribution in [0.3, 0.4) is 0 Å². The second-order valence-electron chi connectivity index (χ2n) is 6.15. The molecule has 0 saturated carbocycles. The Bertz CT molecular complexity index is 1060. The van der Waals surface area contributed by atoms with Gasteiger partial charge in [-0.3, -0.25) is 4.98 Å². The van der Waals surface area contributed by atoms with Crippen LogP contribution in [-0.2, 0) is 15.4 Å². The summed E-state index contributed by atoms with van der Waals surface area (Å²) in [4.78, 5) is 4.55. The van der Waals surface area contributed by atoms with E-state index in [-0.39, 0.29) is 4.90 Å². The van der Waals surface area contributed by atoms with Crippen molar-refractivity contribution < 1.29 is 8.42 Å². The minimum Gasteiger partial charge on any atom is -0.254 e. The lowest BCUT2D eigenvalue weighted by atomic mass is 9.85.